The number of hydrogen-bond donors (Lipinski definition) is 1. The van der Waals surface area contributed by atoms with Gasteiger partial charge in [-0.2, -0.15) is 4.98 Å². The van der Waals surface area contributed by atoms with E-state index in [2.05, 4.69) is 46.6 Å². The number of rotatable bonds is 3. The Morgan fingerprint density at radius 2 is 2.25 bits per heavy atom. The Balaban J connectivity index is 1.70. The summed E-state index contributed by atoms with van der Waals surface area (Å²) in [6.45, 7) is 3.14. The molecule has 1 aromatic carbocycles. The van der Waals surface area contributed by atoms with Crippen molar-refractivity contribution in [1.29, 1.82) is 0 Å². The van der Waals surface area contributed by atoms with Crippen molar-refractivity contribution in [3.63, 3.8) is 0 Å². The van der Waals surface area contributed by atoms with Gasteiger partial charge in [0.2, 0.25) is 5.89 Å². The lowest BCUT2D eigenvalue weighted by Gasteiger charge is -2.09. The summed E-state index contributed by atoms with van der Waals surface area (Å²) in [6.07, 6.45) is 5.58. The highest BCUT2D eigenvalue weighted by atomic mass is 16.5. The van der Waals surface area contributed by atoms with Crippen molar-refractivity contribution in [3.05, 3.63) is 47.1 Å². The fraction of sp³-hybridized carbons (Fsp3) is 0.500. The minimum absolute atomic E-state index is 0.233. The molecular formula is C16H21N3O. The molecule has 3 rings (SSSR count). The molecule has 0 spiro atoms. The van der Waals surface area contributed by atoms with E-state index >= 15 is 0 Å². The average molecular weight is 271 g/mol. The summed E-state index contributed by atoms with van der Waals surface area (Å²) in [4.78, 5) is 4.56. The fourth-order valence-corrected chi connectivity index (χ4v) is 2.72. The lowest BCUT2D eigenvalue weighted by atomic mass is 10.1. The Labute approximate surface area is 119 Å². The third-order valence-electron chi connectivity index (χ3n) is 3.79. The Kier molecular flexibility index (Phi) is 4.11. The number of nitrogens with zero attached hydrogens (tertiary/aromatic N) is 2. The summed E-state index contributed by atoms with van der Waals surface area (Å²) in [5.41, 5.74) is 2.49. The minimum atomic E-state index is 0.233. The molecule has 4 heteroatoms. The van der Waals surface area contributed by atoms with Crippen LogP contribution in [0.3, 0.4) is 0 Å². The second-order valence-corrected chi connectivity index (χ2v) is 5.57. The lowest BCUT2D eigenvalue weighted by molar-refractivity contribution is 0.325. The molecule has 20 heavy (non-hydrogen) atoms. The van der Waals surface area contributed by atoms with E-state index in [1.165, 1.54) is 30.4 Å². The molecule has 1 unspecified atom stereocenters. The molecule has 2 heterocycles. The summed E-state index contributed by atoms with van der Waals surface area (Å²) in [6, 6.07) is 8.67. The molecule has 1 aliphatic heterocycles. The maximum atomic E-state index is 5.44. The quantitative estimate of drug-likeness (QED) is 0.931. The smallest absolute Gasteiger partial charge is 0.243 e. The van der Waals surface area contributed by atoms with Crippen LogP contribution in [0.1, 0.15) is 54.6 Å². The molecule has 0 aliphatic carbocycles. The monoisotopic (exact) mass is 271 g/mol. The van der Waals surface area contributed by atoms with E-state index < -0.39 is 0 Å². The normalized spacial score (nSPS) is 19.8. The van der Waals surface area contributed by atoms with Gasteiger partial charge >= 0.3 is 0 Å². The second kappa shape index (κ2) is 6.18. The van der Waals surface area contributed by atoms with Crippen molar-refractivity contribution in [2.24, 2.45) is 0 Å². The van der Waals surface area contributed by atoms with Gasteiger partial charge in [0, 0.05) is 6.42 Å². The van der Waals surface area contributed by atoms with Crippen LogP contribution in [-0.2, 0) is 6.42 Å². The molecule has 4 nitrogen and oxygen atoms in total. The third kappa shape index (κ3) is 3.25. The van der Waals surface area contributed by atoms with E-state index in [-0.39, 0.29) is 6.04 Å². The number of nitrogens with one attached hydrogen (secondary N) is 1. The first kappa shape index (κ1) is 13.3. The molecule has 106 valence electrons. The highest BCUT2D eigenvalue weighted by molar-refractivity contribution is 5.24. The molecule has 1 aromatic heterocycles. The Morgan fingerprint density at radius 1 is 1.30 bits per heavy atom. The van der Waals surface area contributed by atoms with Crippen LogP contribution in [0.4, 0.5) is 0 Å². The highest BCUT2D eigenvalue weighted by Gasteiger charge is 2.20. The van der Waals surface area contributed by atoms with Crippen molar-refractivity contribution in [3.8, 4) is 0 Å². The first-order chi connectivity index (χ1) is 9.81. The molecule has 1 N–H and O–H groups in total. The van der Waals surface area contributed by atoms with Gasteiger partial charge in [-0.15, -0.1) is 0 Å². The summed E-state index contributed by atoms with van der Waals surface area (Å²) < 4.78 is 5.44. The molecular weight excluding hydrogens is 250 g/mol. The third-order valence-corrected chi connectivity index (χ3v) is 3.79. The van der Waals surface area contributed by atoms with Gasteiger partial charge in [0.25, 0.3) is 0 Å². The Hall–Kier alpha value is -1.68. The van der Waals surface area contributed by atoms with Gasteiger partial charge in [-0.05, 0) is 31.9 Å². The van der Waals surface area contributed by atoms with Crippen molar-refractivity contribution in [2.45, 2.75) is 45.1 Å². The van der Waals surface area contributed by atoms with Gasteiger partial charge in [0.1, 0.15) is 0 Å². The van der Waals surface area contributed by atoms with Crippen LogP contribution in [0.25, 0.3) is 0 Å². The molecule has 0 radical (unpaired) electrons. The van der Waals surface area contributed by atoms with Gasteiger partial charge in [-0.25, -0.2) is 0 Å². The topological polar surface area (TPSA) is 51.0 Å². The first-order valence-corrected chi connectivity index (χ1v) is 7.43. The van der Waals surface area contributed by atoms with Gasteiger partial charge in [-0.3, -0.25) is 0 Å². The maximum Gasteiger partial charge on any atom is 0.243 e. The van der Waals surface area contributed by atoms with E-state index in [4.69, 9.17) is 4.52 Å². The molecule has 1 fully saturated rings. The second-order valence-electron chi connectivity index (χ2n) is 5.57. The average Bonchev–Trinajstić information content (AvgIpc) is 2.73. The Morgan fingerprint density at radius 3 is 3.15 bits per heavy atom. The van der Waals surface area contributed by atoms with Crippen LogP contribution in [0.15, 0.2) is 28.8 Å². The van der Waals surface area contributed by atoms with Crippen LogP contribution in [0.5, 0.6) is 0 Å². The van der Waals surface area contributed by atoms with Crippen LogP contribution in [0.2, 0.25) is 0 Å². The summed E-state index contributed by atoms with van der Waals surface area (Å²) in [5.74, 6) is 1.52. The zero-order chi connectivity index (χ0) is 13.8. The van der Waals surface area contributed by atoms with Crippen molar-refractivity contribution in [1.82, 2.24) is 15.5 Å². The molecule has 0 bridgehead atoms. The SMILES string of the molecule is Cc1cccc(Cc2noc(C3CCCCCN3)n2)c1. The van der Waals surface area contributed by atoms with Crippen molar-refractivity contribution >= 4 is 0 Å². The summed E-state index contributed by atoms with van der Waals surface area (Å²) in [7, 11) is 0. The number of hydrogen-bond acceptors (Lipinski definition) is 4. The number of benzene rings is 1. The van der Waals surface area contributed by atoms with Gasteiger partial charge in [0.15, 0.2) is 5.82 Å². The summed E-state index contributed by atoms with van der Waals surface area (Å²) >= 11 is 0. The standard InChI is InChI=1S/C16H21N3O/c1-12-6-5-7-13(10-12)11-15-18-16(20-19-15)14-8-3-2-4-9-17-14/h5-7,10,14,17H,2-4,8-9,11H2,1H3. The highest BCUT2D eigenvalue weighted by Crippen LogP contribution is 2.21. The van der Waals surface area contributed by atoms with Crippen LogP contribution in [-0.4, -0.2) is 16.7 Å². The first-order valence-electron chi connectivity index (χ1n) is 7.43. The summed E-state index contributed by atoms with van der Waals surface area (Å²) in [5, 5.41) is 7.61. The zero-order valence-electron chi connectivity index (χ0n) is 11.9. The fourth-order valence-electron chi connectivity index (χ4n) is 2.72. The number of aryl methyl sites for hydroxylation is 1. The predicted molar refractivity (Wildman–Crippen MR) is 77.5 cm³/mol. The molecule has 1 saturated heterocycles. The van der Waals surface area contributed by atoms with Gasteiger partial charge in [0.05, 0.1) is 6.04 Å². The lowest BCUT2D eigenvalue weighted by Crippen LogP contribution is -2.20. The van der Waals surface area contributed by atoms with Crippen molar-refractivity contribution < 1.29 is 4.52 Å². The predicted octanol–water partition coefficient (Wildman–Crippen LogP) is 3.17. The van der Waals surface area contributed by atoms with E-state index in [9.17, 15) is 0 Å². The molecule has 1 atom stereocenters. The Bertz CT molecular complexity index is 556. The van der Waals surface area contributed by atoms with Crippen molar-refractivity contribution in [2.75, 3.05) is 6.54 Å². The maximum absolute atomic E-state index is 5.44. The number of aromatic nitrogens is 2. The van der Waals surface area contributed by atoms with Crippen LogP contribution >= 0.6 is 0 Å². The zero-order valence-corrected chi connectivity index (χ0v) is 11.9. The molecule has 0 saturated carbocycles. The van der Waals surface area contributed by atoms with Gasteiger partial charge < -0.3 is 9.84 Å². The molecule has 1 aliphatic rings. The molecule has 2 aromatic rings. The molecule has 0 amide bonds. The van der Waals surface area contributed by atoms with Gasteiger partial charge in [-0.1, -0.05) is 47.8 Å². The largest absolute Gasteiger partial charge is 0.338 e. The van der Waals surface area contributed by atoms with E-state index in [0.717, 1.165) is 31.1 Å². The van der Waals surface area contributed by atoms with Crippen LogP contribution in [0, 0.1) is 6.92 Å². The van der Waals surface area contributed by atoms with Crippen LogP contribution < -0.4 is 5.32 Å². The van der Waals surface area contributed by atoms with E-state index in [0.29, 0.717) is 0 Å². The van der Waals surface area contributed by atoms with E-state index in [1.807, 2.05) is 0 Å². The minimum Gasteiger partial charge on any atom is -0.338 e. The van der Waals surface area contributed by atoms with E-state index in [1.54, 1.807) is 0 Å².